The maximum Gasteiger partial charge on any atom is 0.244 e. The summed E-state index contributed by atoms with van der Waals surface area (Å²) in [7, 11) is -0.154. The molecule has 6 nitrogen and oxygen atoms in total. The van der Waals surface area contributed by atoms with Gasteiger partial charge in [0, 0.05) is 27.3 Å². The van der Waals surface area contributed by atoms with Crippen LogP contribution in [-0.2, 0) is 21.8 Å². The van der Waals surface area contributed by atoms with Gasteiger partial charge in [-0.2, -0.15) is 5.10 Å². The predicted octanol–water partition coefficient (Wildman–Crippen LogP) is 0.352. The van der Waals surface area contributed by atoms with Crippen LogP contribution in [0.2, 0.25) is 0 Å². The zero-order chi connectivity index (χ0) is 13.1. The van der Waals surface area contributed by atoms with Crippen LogP contribution in [0.25, 0.3) is 0 Å². The fourth-order valence-corrected chi connectivity index (χ4v) is 3.15. The van der Waals surface area contributed by atoms with Crippen LogP contribution in [-0.4, -0.2) is 38.5 Å². The minimum absolute atomic E-state index is 0.275. The van der Waals surface area contributed by atoms with Crippen molar-refractivity contribution in [1.29, 1.82) is 0 Å². The van der Waals surface area contributed by atoms with Gasteiger partial charge in [0.25, 0.3) is 0 Å². The van der Waals surface area contributed by atoms with Gasteiger partial charge >= 0.3 is 0 Å². The molecule has 98 valence electrons. The molecule has 1 aromatic rings. The normalized spacial score (nSPS) is 12.0. The van der Waals surface area contributed by atoms with Crippen LogP contribution in [0, 0.1) is 13.8 Å². The van der Waals surface area contributed by atoms with E-state index in [0.29, 0.717) is 31.0 Å². The van der Waals surface area contributed by atoms with E-state index in [9.17, 15) is 8.42 Å². The van der Waals surface area contributed by atoms with Crippen molar-refractivity contribution in [3.05, 3.63) is 11.4 Å². The smallest absolute Gasteiger partial charge is 0.244 e. The Kier molecular flexibility index (Phi) is 4.67. The SMILES string of the molecule is COCCCNS(=O)(=O)c1c(C)nn(C)c1C. The Labute approximate surface area is 102 Å². The summed E-state index contributed by atoms with van der Waals surface area (Å²) < 4.78 is 33.1. The van der Waals surface area contributed by atoms with Crippen LogP contribution in [0.4, 0.5) is 0 Å². The molecular weight excluding hydrogens is 242 g/mol. The van der Waals surface area contributed by atoms with E-state index in [0.717, 1.165) is 0 Å². The highest BCUT2D eigenvalue weighted by Crippen LogP contribution is 2.17. The van der Waals surface area contributed by atoms with Gasteiger partial charge in [-0.15, -0.1) is 0 Å². The summed E-state index contributed by atoms with van der Waals surface area (Å²) in [5, 5.41) is 4.09. The molecule has 0 fully saturated rings. The van der Waals surface area contributed by atoms with Crippen molar-refractivity contribution in [2.75, 3.05) is 20.3 Å². The van der Waals surface area contributed by atoms with Crippen molar-refractivity contribution < 1.29 is 13.2 Å². The average Bonchev–Trinajstić information content (AvgIpc) is 2.48. The molecule has 0 saturated heterocycles. The van der Waals surface area contributed by atoms with E-state index >= 15 is 0 Å². The standard InChI is InChI=1S/C10H19N3O3S/c1-8-10(9(2)13(3)12-8)17(14,15)11-6-5-7-16-4/h11H,5-7H2,1-4H3. The maximum atomic E-state index is 12.0. The first kappa shape index (κ1) is 14.1. The number of nitrogens with one attached hydrogen (secondary N) is 1. The number of aromatic nitrogens is 2. The van der Waals surface area contributed by atoms with E-state index in [2.05, 4.69) is 9.82 Å². The molecule has 0 aliphatic carbocycles. The van der Waals surface area contributed by atoms with Gasteiger partial charge in [-0.3, -0.25) is 4.68 Å². The van der Waals surface area contributed by atoms with Crippen LogP contribution in [0.15, 0.2) is 4.90 Å². The minimum Gasteiger partial charge on any atom is -0.385 e. The van der Waals surface area contributed by atoms with Crippen molar-refractivity contribution in [3.8, 4) is 0 Å². The number of sulfonamides is 1. The predicted molar refractivity (Wildman–Crippen MR) is 64.4 cm³/mol. The molecule has 7 heteroatoms. The third-order valence-corrected chi connectivity index (χ3v) is 4.24. The molecule has 1 aromatic heterocycles. The number of rotatable bonds is 6. The zero-order valence-electron chi connectivity index (χ0n) is 10.6. The summed E-state index contributed by atoms with van der Waals surface area (Å²) in [6.45, 7) is 4.33. The molecule has 0 spiro atoms. The summed E-state index contributed by atoms with van der Waals surface area (Å²) in [4.78, 5) is 0.275. The van der Waals surface area contributed by atoms with Gasteiger partial charge in [0.1, 0.15) is 4.90 Å². The first-order valence-electron chi connectivity index (χ1n) is 5.39. The largest absolute Gasteiger partial charge is 0.385 e. The third-order valence-electron chi connectivity index (χ3n) is 2.53. The summed E-state index contributed by atoms with van der Waals surface area (Å²) in [6.07, 6.45) is 0.647. The Morgan fingerprint density at radius 2 is 2.06 bits per heavy atom. The molecule has 0 radical (unpaired) electrons. The van der Waals surface area contributed by atoms with Gasteiger partial charge in [-0.05, 0) is 20.3 Å². The molecular formula is C10H19N3O3S. The lowest BCUT2D eigenvalue weighted by Crippen LogP contribution is -2.26. The molecule has 0 atom stereocenters. The van der Waals surface area contributed by atoms with E-state index in [4.69, 9.17) is 4.74 Å². The maximum absolute atomic E-state index is 12.0. The summed E-state index contributed by atoms with van der Waals surface area (Å²) in [5.41, 5.74) is 1.16. The number of methoxy groups -OCH3 is 1. The van der Waals surface area contributed by atoms with Crippen LogP contribution < -0.4 is 4.72 Å². The Hall–Kier alpha value is -0.920. The van der Waals surface area contributed by atoms with Gasteiger partial charge in [0.05, 0.1) is 11.4 Å². The number of nitrogens with zero attached hydrogens (tertiary/aromatic N) is 2. The van der Waals surface area contributed by atoms with Gasteiger partial charge in [-0.1, -0.05) is 0 Å². The molecule has 0 aromatic carbocycles. The quantitative estimate of drug-likeness (QED) is 0.750. The minimum atomic E-state index is -3.47. The first-order valence-corrected chi connectivity index (χ1v) is 6.87. The molecule has 0 unspecified atom stereocenters. The van der Waals surface area contributed by atoms with E-state index in [1.54, 1.807) is 32.7 Å². The Morgan fingerprint density at radius 3 is 2.53 bits per heavy atom. The van der Waals surface area contributed by atoms with Gasteiger partial charge in [-0.25, -0.2) is 13.1 Å². The van der Waals surface area contributed by atoms with Crippen LogP contribution in [0.1, 0.15) is 17.8 Å². The summed E-state index contributed by atoms with van der Waals surface area (Å²) in [5.74, 6) is 0. The number of hydrogen-bond donors (Lipinski definition) is 1. The second-order valence-electron chi connectivity index (χ2n) is 3.87. The van der Waals surface area contributed by atoms with Gasteiger partial charge in [0.2, 0.25) is 10.0 Å². The molecule has 17 heavy (non-hydrogen) atoms. The first-order chi connectivity index (χ1) is 7.90. The van der Waals surface area contributed by atoms with Crippen molar-refractivity contribution in [2.45, 2.75) is 25.2 Å². The molecule has 0 amide bonds. The topological polar surface area (TPSA) is 73.2 Å². The van der Waals surface area contributed by atoms with E-state index < -0.39 is 10.0 Å². The lowest BCUT2D eigenvalue weighted by atomic mass is 10.4. The lowest BCUT2D eigenvalue weighted by Gasteiger charge is -2.06. The molecule has 0 aliphatic heterocycles. The molecule has 1 rings (SSSR count). The monoisotopic (exact) mass is 261 g/mol. The average molecular weight is 261 g/mol. The molecule has 1 heterocycles. The highest BCUT2D eigenvalue weighted by atomic mass is 32.2. The second kappa shape index (κ2) is 5.61. The molecule has 0 saturated carbocycles. The number of aryl methyl sites for hydroxylation is 2. The Bertz CT molecular complexity index is 479. The second-order valence-corrected chi connectivity index (χ2v) is 5.57. The highest BCUT2D eigenvalue weighted by Gasteiger charge is 2.22. The van der Waals surface area contributed by atoms with Crippen molar-refractivity contribution in [2.24, 2.45) is 7.05 Å². The van der Waals surface area contributed by atoms with Crippen molar-refractivity contribution in [1.82, 2.24) is 14.5 Å². The van der Waals surface area contributed by atoms with E-state index in [1.807, 2.05) is 0 Å². The number of hydrogen-bond acceptors (Lipinski definition) is 4. The fraction of sp³-hybridized carbons (Fsp3) is 0.700. The van der Waals surface area contributed by atoms with Crippen molar-refractivity contribution >= 4 is 10.0 Å². The van der Waals surface area contributed by atoms with Gasteiger partial charge < -0.3 is 4.74 Å². The van der Waals surface area contributed by atoms with Crippen molar-refractivity contribution in [3.63, 3.8) is 0 Å². The van der Waals surface area contributed by atoms with Crippen LogP contribution in [0.3, 0.4) is 0 Å². The molecule has 1 N–H and O–H groups in total. The van der Waals surface area contributed by atoms with Crippen LogP contribution >= 0.6 is 0 Å². The van der Waals surface area contributed by atoms with Crippen LogP contribution in [0.5, 0.6) is 0 Å². The third kappa shape index (κ3) is 3.27. The lowest BCUT2D eigenvalue weighted by molar-refractivity contribution is 0.196. The molecule has 0 aliphatic rings. The fourth-order valence-electron chi connectivity index (χ4n) is 1.64. The Morgan fingerprint density at radius 1 is 1.41 bits per heavy atom. The van der Waals surface area contributed by atoms with E-state index in [-0.39, 0.29) is 4.90 Å². The number of ether oxygens (including phenoxy) is 1. The molecule has 0 bridgehead atoms. The van der Waals surface area contributed by atoms with E-state index in [1.165, 1.54) is 0 Å². The Balaban J connectivity index is 2.83. The zero-order valence-corrected chi connectivity index (χ0v) is 11.5. The summed E-state index contributed by atoms with van der Waals surface area (Å²) in [6, 6.07) is 0. The highest BCUT2D eigenvalue weighted by molar-refractivity contribution is 7.89. The van der Waals surface area contributed by atoms with Gasteiger partial charge in [0.15, 0.2) is 0 Å². The summed E-state index contributed by atoms with van der Waals surface area (Å²) >= 11 is 0.